The number of nitrogen functional groups attached to an aromatic ring is 1. The number of amides is 3. The smallest absolute Gasteiger partial charge is 0.229 e. The Bertz CT molecular complexity index is 539. The molecule has 1 aliphatic rings. The Labute approximate surface area is 123 Å². The molecule has 0 saturated carbocycles. The van der Waals surface area contributed by atoms with Gasteiger partial charge in [-0.25, -0.2) is 0 Å². The number of imide groups is 1. The molecule has 21 heavy (non-hydrogen) atoms. The van der Waals surface area contributed by atoms with Gasteiger partial charge < -0.3 is 11.1 Å². The number of nitrogens with one attached hydrogen (secondary N) is 1. The zero-order chi connectivity index (χ0) is 15.2. The largest absolute Gasteiger partial charge is 0.399 e. The van der Waals surface area contributed by atoms with Crippen LogP contribution in [0.5, 0.6) is 0 Å². The maximum atomic E-state index is 11.9. The monoisotopic (exact) mass is 289 g/mol. The Balaban J connectivity index is 1.88. The first kappa shape index (κ1) is 15.0. The molecule has 1 aliphatic heterocycles. The van der Waals surface area contributed by atoms with Crippen molar-refractivity contribution in [3.05, 3.63) is 24.3 Å². The SMILES string of the molecule is Nc1cccc(NC(=O)CCN2C(=O)CCCCC2=O)c1. The van der Waals surface area contributed by atoms with E-state index in [0.29, 0.717) is 24.2 Å². The molecule has 1 aromatic carbocycles. The number of hydrogen-bond donors (Lipinski definition) is 2. The number of rotatable bonds is 4. The molecule has 3 amide bonds. The van der Waals surface area contributed by atoms with Crippen molar-refractivity contribution in [3.63, 3.8) is 0 Å². The van der Waals surface area contributed by atoms with Gasteiger partial charge in [-0.2, -0.15) is 0 Å². The van der Waals surface area contributed by atoms with Crippen molar-refractivity contribution >= 4 is 29.1 Å². The predicted octanol–water partition coefficient (Wildman–Crippen LogP) is 1.53. The molecule has 6 heteroatoms. The summed E-state index contributed by atoms with van der Waals surface area (Å²) < 4.78 is 0. The molecule has 3 N–H and O–H groups in total. The molecule has 112 valence electrons. The third kappa shape index (κ3) is 4.30. The molecule has 1 heterocycles. The van der Waals surface area contributed by atoms with Gasteiger partial charge in [0.1, 0.15) is 0 Å². The van der Waals surface area contributed by atoms with Gasteiger partial charge in [0, 0.05) is 37.2 Å². The fourth-order valence-electron chi connectivity index (χ4n) is 2.26. The van der Waals surface area contributed by atoms with Gasteiger partial charge in [-0.3, -0.25) is 19.3 Å². The number of carbonyl (C=O) groups is 3. The third-order valence-electron chi connectivity index (χ3n) is 3.37. The molecule has 0 spiro atoms. The summed E-state index contributed by atoms with van der Waals surface area (Å²) in [5.74, 6) is -0.617. The second kappa shape index (κ2) is 6.88. The minimum Gasteiger partial charge on any atom is -0.399 e. The summed E-state index contributed by atoms with van der Waals surface area (Å²) in [6.07, 6.45) is 2.31. The van der Waals surface area contributed by atoms with Crippen molar-refractivity contribution in [1.82, 2.24) is 4.90 Å². The molecule has 1 saturated heterocycles. The molecule has 1 aromatic rings. The Morgan fingerprint density at radius 2 is 1.86 bits per heavy atom. The topological polar surface area (TPSA) is 92.5 Å². The number of benzene rings is 1. The van der Waals surface area contributed by atoms with Gasteiger partial charge in [0.2, 0.25) is 17.7 Å². The minimum atomic E-state index is -0.245. The van der Waals surface area contributed by atoms with Gasteiger partial charge in [0.15, 0.2) is 0 Å². The van der Waals surface area contributed by atoms with Crippen molar-refractivity contribution < 1.29 is 14.4 Å². The first-order chi connectivity index (χ1) is 10.1. The molecular formula is C15H19N3O3. The van der Waals surface area contributed by atoms with Gasteiger partial charge in [-0.05, 0) is 31.0 Å². The van der Waals surface area contributed by atoms with E-state index >= 15 is 0 Å². The van der Waals surface area contributed by atoms with E-state index in [9.17, 15) is 14.4 Å². The van der Waals surface area contributed by atoms with Crippen LogP contribution < -0.4 is 11.1 Å². The average molecular weight is 289 g/mol. The van der Waals surface area contributed by atoms with E-state index in [1.807, 2.05) is 0 Å². The molecular weight excluding hydrogens is 270 g/mol. The van der Waals surface area contributed by atoms with E-state index in [0.717, 1.165) is 12.8 Å². The minimum absolute atomic E-state index is 0.0896. The van der Waals surface area contributed by atoms with E-state index < -0.39 is 0 Å². The van der Waals surface area contributed by atoms with Gasteiger partial charge >= 0.3 is 0 Å². The number of nitrogens with two attached hydrogens (primary N) is 1. The predicted molar refractivity (Wildman–Crippen MR) is 79.3 cm³/mol. The lowest BCUT2D eigenvalue weighted by Gasteiger charge is -2.18. The second-order valence-corrected chi connectivity index (χ2v) is 5.07. The summed E-state index contributed by atoms with van der Waals surface area (Å²) in [6.45, 7) is 0.131. The van der Waals surface area contributed by atoms with Gasteiger partial charge in [-0.1, -0.05) is 6.07 Å². The maximum Gasteiger partial charge on any atom is 0.229 e. The Hall–Kier alpha value is -2.37. The lowest BCUT2D eigenvalue weighted by molar-refractivity contribution is -0.143. The highest BCUT2D eigenvalue weighted by atomic mass is 16.2. The fourth-order valence-corrected chi connectivity index (χ4v) is 2.26. The number of carbonyl (C=O) groups excluding carboxylic acids is 3. The van der Waals surface area contributed by atoms with Gasteiger partial charge in [-0.15, -0.1) is 0 Å². The molecule has 1 fully saturated rings. The third-order valence-corrected chi connectivity index (χ3v) is 3.37. The van der Waals surface area contributed by atoms with Crippen LogP contribution in [0.4, 0.5) is 11.4 Å². The van der Waals surface area contributed by atoms with Crippen LogP contribution in [0.15, 0.2) is 24.3 Å². The number of hydrogen-bond acceptors (Lipinski definition) is 4. The summed E-state index contributed by atoms with van der Waals surface area (Å²) in [4.78, 5) is 36.7. The number of likely N-dealkylation sites (tertiary alicyclic amines) is 1. The molecule has 0 aliphatic carbocycles. The highest BCUT2D eigenvalue weighted by Gasteiger charge is 2.24. The van der Waals surface area contributed by atoms with Crippen molar-refractivity contribution in [3.8, 4) is 0 Å². The highest BCUT2D eigenvalue weighted by molar-refractivity contribution is 5.97. The van der Waals surface area contributed by atoms with E-state index in [1.54, 1.807) is 24.3 Å². The Morgan fingerprint density at radius 1 is 1.19 bits per heavy atom. The van der Waals surface area contributed by atoms with Crippen molar-refractivity contribution in [2.45, 2.75) is 32.1 Å². The van der Waals surface area contributed by atoms with E-state index in [4.69, 9.17) is 5.73 Å². The van der Waals surface area contributed by atoms with Crippen molar-refractivity contribution in [1.29, 1.82) is 0 Å². The van der Waals surface area contributed by atoms with Gasteiger partial charge in [0.25, 0.3) is 0 Å². The maximum absolute atomic E-state index is 11.9. The first-order valence-electron chi connectivity index (χ1n) is 7.05. The fraction of sp³-hybridized carbons (Fsp3) is 0.400. The summed E-state index contributed by atoms with van der Waals surface area (Å²) >= 11 is 0. The second-order valence-electron chi connectivity index (χ2n) is 5.07. The van der Waals surface area contributed by atoms with Gasteiger partial charge in [0.05, 0.1) is 0 Å². The number of nitrogens with zero attached hydrogens (tertiary/aromatic N) is 1. The van der Waals surface area contributed by atoms with Crippen LogP contribution in [0.25, 0.3) is 0 Å². The van der Waals surface area contributed by atoms with Crippen molar-refractivity contribution in [2.75, 3.05) is 17.6 Å². The zero-order valence-corrected chi connectivity index (χ0v) is 11.8. The molecule has 6 nitrogen and oxygen atoms in total. The lowest BCUT2D eigenvalue weighted by Crippen LogP contribution is -2.37. The first-order valence-corrected chi connectivity index (χ1v) is 7.05. The van der Waals surface area contributed by atoms with Crippen LogP contribution in [0, 0.1) is 0 Å². The van der Waals surface area contributed by atoms with Crippen LogP contribution in [0.3, 0.4) is 0 Å². The lowest BCUT2D eigenvalue weighted by atomic mass is 10.2. The summed E-state index contributed by atoms with van der Waals surface area (Å²) in [5, 5.41) is 2.70. The summed E-state index contributed by atoms with van der Waals surface area (Å²) in [7, 11) is 0. The van der Waals surface area contributed by atoms with E-state index in [-0.39, 0.29) is 30.7 Å². The number of anilines is 2. The average Bonchev–Trinajstić information content (AvgIpc) is 2.58. The summed E-state index contributed by atoms with van der Waals surface area (Å²) in [5.41, 5.74) is 6.80. The zero-order valence-electron chi connectivity index (χ0n) is 11.8. The molecule has 0 unspecified atom stereocenters. The molecule has 0 radical (unpaired) electrons. The van der Waals surface area contributed by atoms with Crippen LogP contribution in [0.2, 0.25) is 0 Å². The van der Waals surface area contributed by atoms with Crippen LogP contribution in [-0.4, -0.2) is 29.2 Å². The normalized spacial score (nSPS) is 15.7. The van der Waals surface area contributed by atoms with E-state index in [1.165, 1.54) is 4.90 Å². The van der Waals surface area contributed by atoms with Crippen LogP contribution in [-0.2, 0) is 14.4 Å². The molecule has 0 aromatic heterocycles. The Kier molecular flexibility index (Phi) is 4.92. The molecule has 2 rings (SSSR count). The Morgan fingerprint density at radius 3 is 2.48 bits per heavy atom. The molecule has 0 bridgehead atoms. The van der Waals surface area contributed by atoms with Crippen molar-refractivity contribution in [2.24, 2.45) is 0 Å². The van der Waals surface area contributed by atoms with Crippen LogP contribution in [0.1, 0.15) is 32.1 Å². The molecule has 0 atom stereocenters. The highest BCUT2D eigenvalue weighted by Crippen LogP contribution is 2.14. The van der Waals surface area contributed by atoms with Crippen LogP contribution >= 0.6 is 0 Å². The summed E-state index contributed by atoms with van der Waals surface area (Å²) in [6, 6.07) is 6.85. The quantitative estimate of drug-likeness (QED) is 0.649. The standard InChI is InChI=1S/C15H19N3O3/c16-11-4-3-5-12(10-11)17-13(19)8-9-18-14(20)6-1-2-7-15(18)21/h3-5,10H,1-2,6-9,16H2,(H,17,19). The van der Waals surface area contributed by atoms with E-state index in [2.05, 4.69) is 5.32 Å².